The smallest absolute Gasteiger partial charge is 0.338 e. The standard InChI is InChI=1S/C22H19N3O2/c1-27-22(26)19-8-4-2-7-17(19)15-25-13-12-23-21(25)14-18-11-10-16-6-3-5-9-20(16)24-18/h2-13H,14-15H2,1H3. The third-order valence-corrected chi connectivity index (χ3v) is 4.56. The fourth-order valence-corrected chi connectivity index (χ4v) is 3.17. The number of carbonyl (C=O) groups is 1. The SMILES string of the molecule is COC(=O)c1ccccc1Cn1ccnc1Cc1ccc2ccccc2n1. The van der Waals surface area contributed by atoms with Crippen molar-refractivity contribution in [1.82, 2.24) is 14.5 Å². The van der Waals surface area contributed by atoms with E-state index in [0.717, 1.165) is 28.0 Å². The molecule has 0 radical (unpaired) electrons. The lowest BCUT2D eigenvalue weighted by Gasteiger charge is -2.11. The highest BCUT2D eigenvalue weighted by molar-refractivity contribution is 5.91. The van der Waals surface area contributed by atoms with E-state index >= 15 is 0 Å². The van der Waals surface area contributed by atoms with Crippen molar-refractivity contribution >= 4 is 16.9 Å². The van der Waals surface area contributed by atoms with Crippen LogP contribution in [0.4, 0.5) is 0 Å². The van der Waals surface area contributed by atoms with Gasteiger partial charge in [0.25, 0.3) is 0 Å². The molecule has 0 bridgehead atoms. The Labute approximate surface area is 157 Å². The molecule has 0 saturated heterocycles. The lowest BCUT2D eigenvalue weighted by molar-refractivity contribution is 0.0599. The number of imidazole rings is 1. The summed E-state index contributed by atoms with van der Waals surface area (Å²) in [6.45, 7) is 0.550. The molecule has 4 aromatic rings. The number of fused-ring (bicyclic) bond motifs is 1. The molecule has 134 valence electrons. The van der Waals surface area contributed by atoms with Crippen molar-refractivity contribution in [3.63, 3.8) is 0 Å². The van der Waals surface area contributed by atoms with Gasteiger partial charge in [-0.3, -0.25) is 4.98 Å². The molecule has 0 N–H and O–H groups in total. The summed E-state index contributed by atoms with van der Waals surface area (Å²) in [7, 11) is 1.40. The minimum Gasteiger partial charge on any atom is -0.465 e. The zero-order valence-corrected chi connectivity index (χ0v) is 15.0. The molecule has 0 amide bonds. The molecule has 0 atom stereocenters. The first-order chi connectivity index (χ1) is 13.2. The van der Waals surface area contributed by atoms with Crippen LogP contribution in [0, 0.1) is 0 Å². The van der Waals surface area contributed by atoms with E-state index < -0.39 is 0 Å². The molecule has 2 heterocycles. The third kappa shape index (κ3) is 3.58. The fraction of sp³-hybridized carbons (Fsp3) is 0.136. The number of ether oxygens (including phenoxy) is 1. The van der Waals surface area contributed by atoms with Gasteiger partial charge in [0.15, 0.2) is 0 Å². The quantitative estimate of drug-likeness (QED) is 0.509. The average Bonchev–Trinajstić information content (AvgIpc) is 3.14. The van der Waals surface area contributed by atoms with E-state index in [-0.39, 0.29) is 5.97 Å². The van der Waals surface area contributed by atoms with Crippen molar-refractivity contribution in [2.75, 3.05) is 7.11 Å². The summed E-state index contributed by atoms with van der Waals surface area (Å²) in [4.78, 5) is 21.2. The first-order valence-corrected chi connectivity index (χ1v) is 8.75. The molecule has 27 heavy (non-hydrogen) atoms. The van der Waals surface area contributed by atoms with Crippen molar-refractivity contribution in [3.05, 3.63) is 95.7 Å². The highest BCUT2D eigenvalue weighted by Gasteiger charge is 2.13. The minimum atomic E-state index is -0.330. The summed E-state index contributed by atoms with van der Waals surface area (Å²) >= 11 is 0. The maximum Gasteiger partial charge on any atom is 0.338 e. The number of benzene rings is 2. The summed E-state index contributed by atoms with van der Waals surface area (Å²) in [5.74, 6) is 0.570. The Kier molecular flexibility index (Phi) is 4.66. The highest BCUT2D eigenvalue weighted by atomic mass is 16.5. The Balaban J connectivity index is 1.61. The van der Waals surface area contributed by atoms with E-state index in [2.05, 4.69) is 17.1 Å². The molecule has 4 rings (SSSR count). The second-order valence-corrected chi connectivity index (χ2v) is 6.29. The fourth-order valence-electron chi connectivity index (χ4n) is 3.17. The number of esters is 1. The van der Waals surface area contributed by atoms with Crippen LogP contribution in [0.1, 0.15) is 27.4 Å². The van der Waals surface area contributed by atoms with Crippen LogP contribution in [0.2, 0.25) is 0 Å². The highest BCUT2D eigenvalue weighted by Crippen LogP contribution is 2.16. The summed E-state index contributed by atoms with van der Waals surface area (Å²) in [5, 5.41) is 1.12. The lowest BCUT2D eigenvalue weighted by atomic mass is 10.1. The molecule has 0 fully saturated rings. The zero-order valence-electron chi connectivity index (χ0n) is 15.0. The van der Waals surface area contributed by atoms with Crippen LogP contribution in [0.5, 0.6) is 0 Å². The van der Waals surface area contributed by atoms with E-state index in [1.807, 2.05) is 53.2 Å². The van der Waals surface area contributed by atoms with E-state index in [0.29, 0.717) is 18.5 Å². The van der Waals surface area contributed by atoms with Crippen LogP contribution >= 0.6 is 0 Å². The molecule has 0 aliphatic heterocycles. The van der Waals surface area contributed by atoms with Gasteiger partial charge in [-0.05, 0) is 23.8 Å². The predicted molar refractivity (Wildman–Crippen MR) is 104 cm³/mol. The molecule has 5 heteroatoms. The maximum absolute atomic E-state index is 12.0. The number of aromatic nitrogens is 3. The topological polar surface area (TPSA) is 57.0 Å². The van der Waals surface area contributed by atoms with Gasteiger partial charge in [-0.2, -0.15) is 0 Å². The predicted octanol–water partition coefficient (Wildman–Crippen LogP) is 3.86. The largest absolute Gasteiger partial charge is 0.465 e. The van der Waals surface area contributed by atoms with Gasteiger partial charge in [0.1, 0.15) is 5.82 Å². The van der Waals surface area contributed by atoms with E-state index in [1.54, 1.807) is 12.3 Å². The summed E-state index contributed by atoms with van der Waals surface area (Å²) in [6.07, 6.45) is 4.32. The van der Waals surface area contributed by atoms with Crippen LogP contribution < -0.4 is 0 Å². The van der Waals surface area contributed by atoms with Crippen LogP contribution in [0.3, 0.4) is 0 Å². The number of nitrogens with zero attached hydrogens (tertiary/aromatic N) is 3. The van der Waals surface area contributed by atoms with Crippen molar-refractivity contribution in [1.29, 1.82) is 0 Å². The number of pyridine rings is 1. The van der Waals surface area contributed by atoms with Gasteiger partial charge in [0, 0.05) is 36.4 Å². The number of methoxy groups -OCH3 is 1. The minimum absolute atomic E-state index is 0.330. The number of hydrogen-bond acceptors (Lipinski definition) is 4. The van der Waals surface area contributed by atoms with Crippen LogP contribution in [-0.4, -0.2) is 27.6 Å². The molecule has 0 spiro atoms. The molecule has 5 nitrogen and oxygen atoms in total. The van der Waals surface area contributed by atoms with Gasteiger partial charge in [-0.25, -0.2) is 9.78 Å². The van der Waals surface area contributed by atoms with Gasteiger partial charge >= 0.3 is 5.97 Å². The summed E-state index contributed by atoms with van der Waals surface area (Å²) in [5.41, 5.74) is 3.41. The van der Waals surface area contributed by atoms with Crippen molar-refractivity contribution in [2.24, 2.45) is 0 Å². The maximum atomic E-state index is 12.0. The second-order valence-electron chi connectivity index (χ2n) is 6.29. The number of hydrogen-bond donors (Lipinski definition) is 0. The van der Waals surface area contributed by atoms with Gasteiger partial charge in [0.2, 0.25) is 0 Å². The lowest BCUT2D eigenvalue weighted by Crippen LogP contribution is -2.11. The summed E-state index contributed by atoms with van der Waals surface area (Å²) < 4.78 is 6.93. The molecule has 0 saturated carbocycles. The Hall–Kier alpha value is -3.47. The Morgan fingerprint density at radius 3 is 2.74 bits per heavy atom. The molecule has 0 aliphatic rings. The average molecular weight is 357 g/mol. The normalized spacial score (nSPS) is 10.9. The van der Waals surface area contributed by atoms with Gasteiger partial charge in [-0.15, -0.1) is 0 Å². The Morgan fingerprint density at radius 1 is 1.04 bits per heavy atom. The van der Waals surface area contributed by atoms with Crippen LogP contribution in [-0.2, 0) is 17.7 Å². The number of para-hydroxylation sites is 1. The molecule has 2 aromatic carbocycles. The van der Waals surface area contributed by atoms with Crippen LogP contribution in [0.15, 0.2) is 73.1 Å². The monoisotopic (exact) mass is 357 g/mol. The van der Waals surface area contributed by atoms with E-state index in [9.17, 15) is 4.79 Å². The second kappa shape index (κ2) is 7.41. The van der Waals surface area contributed by atoms with Crippen molar-refractivity contribution < 1.29 is 9.53 Å². The first-order valence-electron chi connectivity index (χ1n) is 8.75. The van der Waals surface area contributed by atoms with Crippen molar-refractivity contribution in [2.45, 2.75) is 13.0 Å². The molecule has 0 unspecified atom stereocenters. The first kappa shape index (κ1) is 17.0. The van der Waals surface area contributed by atoms with Gasteiger partial charge in [-0.1, -0.05) is 42.5 Å². The Morgan fingerprint density at radius 2 is 1.85 bits per heavy atom. The summed E-state index contributed by atoms with van der Waals surface area (Å²) in [6, 6.07) is 19.6. The van der Waals surface area contributed by atoms with E-state index in [4.69, 9.17) is 9.72 Å². The van der Waals surface area contributed by atoms with Crippen LogP contribution in [0.25, 0.3) is 10.9 Å². The van der Waals surface area contributed by atoms with E-state index in [1.165, 1.54) is 7.11 Å². The van der Waals surface area contributed by atoms with Gasteiger partial charge in [0.05, 0.1) is 18.2 Å². The zero-order chi connectivity index (χ0) is 18.6. The number of rotatable bonds is 5. The molecular formula is C22H19N3O2. The third-order valence-electron chi connectivity index (χ3n) is 4.56. The van der Waals surface area contributed by atoms with Gasteiger partial charge < -0.3 is 9.30 Å². The molecular weight excluding hydrogens is 338 g/mol. The number of carbonyl (C=O) groups excluding carboxylic acids is 1. The molecule has 2 aromatic heterocycles. The van der Waals surface area contributed by atoms with Crippen molar-refractivity contribution in [3.8, 4) is 0 Å². The molecule has 0 aliphatic carbocycles. The Bertz CT molecular complexity index is 1100.